The summed E-state index contributed by atoms with van der Waals surface area (Å²) in [5.41, 5.74) is 14.7. The Hall–Kier alpha value is -7.68. The second kappa shape index (κ2) is 13.4. The third kappa shape index (κ3) is 5.32. The lowest BCUT2D eigenvalue weighted by Crippen LogP contribution is -2.17. The number of nitrogens with zero attached hydrogens (tertiary/aromatic N) is 2. The van der Waals surface area contributed by atoms with Crippen LogP contribution in [0.25, 0.3) is 65.0 Å². The van der Waals surface area contributed by atoms with E-state index in [1.54, 1.807) is 0 Å². The lowest BCUT2D eigenvalue weighted by atomic mass is 9.81. The van der Waals surface area contributed by atoms with E-state index in [1.807, 2.05) is 0 Å². The number of fused-ring (bicyclic) bond motifs is 1. The summed E-state index contributed by atoms with van der Waals surface area (Å²) >= 11 is 0. The van der Waals surface area contributed by atoms with Gasteiger partial charge in [-0.15, -0.1) is 0 Å². The highest BCUT2D eigenvalue weighted by molar-refractivity contribution is 6.17. The van der Waals surface area contributed by atoms with Crippen LogP contribution in [-0.4, -0.2) is 0 Å². The molecule has 2 aliphatic rings. The van der Waals surface area contributed by atoms with Crippen LogP contribution in [0.1, 0.15) is 49.9 Å². The average Bonchev–Trinajstić information content (AvgIpc) is 3.71. The van der Waals surface area contributed by atoms with Crippen LogP contribution in [0.2, 0.25) is 0 Å². The first-order chi connectivity index (χ1) is 31.2. The van der Waals surface area contributed by atoms with E-state index >= 15 is 0 Å². The molecule has 2 nitrogen and oxygen atoms in total. The van der Waals surface area contributed by atoms with Gasteiger partial charge < -0.3 is 9.80 Å². The van der Waals surface area contributed by atoms with Crippen molar-refractivity contribution in [3.8, 4) is 11.1 Å². The van der Waals surface area contributed by atoms with Gasteiger partial charge in [0.15, 0.2) is 0 Å². The van der Waals surface area contributed by atoms with Crippen molar-refractivity contribution in [3.63, 3.8) is 0 Å². The molecule has 304 valence electrons. The minimum Gasteiger partial charge on any atom is -0.310 e. The maximum absolute atomic E-state index is 2.44. The summed E-state index contributed by atoms with van der Waals surface area (Å²) in [6.07, 6.45) is 0. The van der Waals surface area contributed by atoms with Gasteiger partial charge in [-0.3, -0.25) is 0 Å². The van der Waals surface area contributed by atoms with Crippen LogP contribution in [0.15, 0.2) is 206 Å². The Bertz CT molecular complexity index is 3710. The van der Waals surface area contributed by atoms with E-state index in [0.29, 0.717) is 0 Å². The van der Waals surface area contributed by atoms with Crippen LogP contribution >= 0.6 is 0 Å². The zero-order valence-electron chi connectivity index (χ0n) is 36.5. The molecule has 0 radical (unpaired) electrons. The minimum absolute atomic E-state index is 0.0929. The monoisotopic (exact) mass is 818 g/mol. The molecule has 0 amide bonds. The average molecular weight is 819 g/mol. The Morgan fingerprint density at radius 2 is 0.641 bits per heavy atom. The Morgan fingerprint density at radius 1 is 0.250 bits per heavy atom. The zero-order valence-corrected chi connectivity index (χ0v) is 36.5. The Kier molecular flexibility index (Phi) is 7.74. The maximum Gasteiger partial charge on any atom is 0.0471 e. The highest BCUT2D eigenvalue weighted by Crippen LogP contribution is 2.53. The Morgan fingerprint density at radius 3 is 1.19 bits per heavy atom. The molecule has 2 aliphatic carbocycles. The predicted molar refractivity (Wildman–Crippen MR) is 273 cm³/mol. The summed E-state index contributed by atoms with van der Waals surface area (Å²) in [7, 11) is 0. The lowest BCUT2D eigenvalue weighted by Gasteiger charge is -2.29. The van der Waals surface area contributed by atoms with Gasteiger partial charge in [0.05, 0.1) is 0 Å². The van der Waals surface area contributed by atoms with Gasteiger partial charge in [0.25, 0.3) is 0 Å². The summed E-state index contributed by atoms with van der Waals surface area (Å²) in [6.45, 7) is 9.51. The second-order valence-electron chi connectivity index (χ2n) is 19.0. The Labute approximate surface area is 374 Å². The largest absolute Gasteiger partial charge is 0.310 e. The third-order valence-corrected chi connectivity index (χ3v) is 14.7. The van der Waals surface area contributed by atoms with E-state index in [9.17, 15) is 0 Å². The van der Waals surface area contributed by atoms with Crippen LogP contribution in [-0.2, 0) is 10.8 Å². The van der Waals surface area contributed by atoms with E-state index in [1.165, 1.54) is 98.6 Å². The fourth-order valence-electron chi connectivity index (χ4n) is 11.4. The van der Waals surface area contributed by atoms with Crippen LogP contribution < -0.4 is 9.80 Å². The molecular weight excluding hydrogens is 773 g/mol. The topological polar surface area (TPSA) is 6.48 Å². The SMILES string of the molecule is CC1(C)c2cccc3ccc4cc(N(c5ccccc5)c5ccc(-c6ccc7cc(N(c8ccccc8)c8cc9c%10c(ccc%11cccc(c%11%10)C9(C)C)c8)ccc7c6)cc5)cc1c4c23. The molecule has 64 heavy (non-hydrogen) atoms. The fourth-order valence-corrected chi connectivity index (χ4v) is 11.4. The van der Waals surface area contributed by atoms with Crippen molar-refractivity contribution in [1.29, 1.82) is 0 Å². The van der Waals surface area contributed by atoms with Gasteiger partial charge in [-0.1, -0.05) is 155 Å². The molecule has 0 atom stereocenters. The van der Waals surface area contributed by atoms with Crippen LogP contribution in [0.3, 0.4) is 0 Å². The van der Waals surface area contributed by atoms with Crippen LogP contribution in [0.4, 0.5) is 34.1 Å². The van der Waals surface area contributed by atoms with Crippen molar-refractivity contribution in [2.24, 2.45) is 0 Å². The first-order valence-corrected chi connectivity index (χ1v) is 22.6. The molecule has 11 aromatic rings. The molecule has 2 heteroatoms. The van der Waals surface area contributed by atoms with Crippen molar-refractivity contribution >= 4 is 88.0 Å². The molecule has 0 heterocycles. The van der Waals surface area contributed by atoms with Crippen LogP contribution in [0, 0.1) is 0 Å². The molecule has 0 aliphatic heterocycles. The molecule has 13 rings (SSSR count). The first-order valence-electron chi connectivity index (χ1n) is 22.6. The number of para-hydroxylation sites is 2. The van der Waals surface area contributed by atoms with Crippen molar-refractivity contribution < 1.29 is 0 Å². The van der Waals surface area contributed by atoms with E-state index in [-0.39, 0.29) is 10.8 Å². The molecule has 0 aromatic heterocycles. The van der Waals surface area contributed by atoms with Crippen molar-refractivity contribution in [2.75, 3.05) is 9.80 Å². The van der Waals surface area contributed by atoms with Gasteiger partial charge in [-0.2, -0.15) is 0 Å². The zero-order chi connectivity index (χ0) is 42.9. The summed E-state index contributed by atoms with van der Waals surface area (Å²) in [5, 5.41) is 13.2. The van der Waals surface area contributed by atoms with Crippen LogP contribution in [0.5, 0.6) is 0 Å². The van der Waals surface area contributed by atoms with Crippen molar-refractivity contribution in [1.82, 2.24) is 0 Å². The molecule has 0 N–H and O–H groups in total. The summed E-state index contributed by atoms with van der Waals surface area (Å²) in [6, 6.07) is 76.9. The summed E-state index contributed by atoms with van der Waals surface area (Å²) in [5.74, 6) is 0. The number of benzene rings is 11. The van der Waals surface area contributed by atoms with Gasteiger partial charge >= 0.3 is 0 Å². The molecule has 0 bridgehead atoms. The highest BCUT2D eigenvalue weighted by Gasteiger charge is 2.36. The molecule has 0 saturated heterocycles. The number of hydrogen-bond acceptors (Lipinski definition) is 2. The van der Waals surface area contributed by atoms with Gasteiger partial charge in [0, 0.05) is 45.0 Å². The van der Waals surface area contributed by atoms with Gasteiger partial charge in [-0.25, -0.2) is 0 Å². The van der Waals surface area contributed by atoms with E-state index < -0.39 is 0 Å². The second-order valence-corrected chi connectivity index (χ2v) is 19.0. The van der Waals surface area contributed by atoms with Gasteiger partial charge in [0.2, 0.25) is 0 Å². The molecular formula is C62H46N2. The van der Waals surface area contributed by atoms with Gasteiger partial charge in [-0.05, 0) is 166 Å². The number of anilines is 6. The standard InChI is InChI=1S/C62H46N2/c1-61(2)53-19-11-13-40-21-25-45-35-51(37-55(61)59(45)57(40)53)63(47-15-7-5-8-16-47)49-30-27-39(28-31-49)42-23-24-44-34-50(32-29-43(44)33-42)64(48-17-9-6-10-18-48)52-36-46-26-22-41-14-12-20-54-58(41)60(46)56(38-52)62(54,3)4/h5-38H,1-4H3. The molecule has 0 saturated carbocycles. The number of rotatable bonds is 7. The molecule has 0 fully saturated rings. The maximum atomic E-state index is 2.44. The summed E-state index contributed by atoms with van der Waals surface area (Å²) < 4.78 is 0. The van der Waals surface area contributed by atoms with Gasteiger partial charge in [0.1, 0.15) is 0 Å². The van der Waals surface area contributed by atoms with E-state index in [2.05, 4.69) is 244 Å². The molecule has 11 aromatic carbocycles. The lowest BCUT2D eigenvalue weighted by molar-refractivity contribution is 0.662. The fraction of sp³-hybridized carbons (Fsp3) is 0.0968. The number of hydrogen-bond donors (Lipinski definition) is 0. The predicted octanol–water partition coefficient (Wildman–Crippen LogP) is 17.3. The van der Waals surface area contributed by atoms with E-state index in [0.717, 1.165) is 22.7 Å². The van der Waals surface area contributed by atoms with Crippen molar-refractivity contribution in [3.05, 3.63) is 229 Å². The quantitative estimate of drug-likeness (QED) is 0.148. The third-order valence-electron chi connectivity index (χ3n) is 14.7. The summed E-state index contributed by atoms with van der Waals surface area (Å²) in [4.78, 5) is 4.83. The highest BCUT2D eigenvalue weighted by atomic mass is 15.1. The first kappa shape index (κ1) is 36.9. The Balaban J connectivity index is 0.867. The smallest absolute Gasteiger partial charge is 0.0471 e. The normalized spacial score (nSPS) is 14.2. The molecule has 0 unspecified atom stereocenters. The van der Waals surface area contributed by atoms with Crippen molar-refractivity contribution in [2.45, 2.75) is 38.5 Å². The molecule has 0 spiro atoms. The van der Waals surface area contributed by atoms with E-state index in [4.69, 9.17) is 0 Å². The minimum atomic E-state index is -0.0956.